The van der Waals surface area contributed by atoms with Crippen LogP contribution in [0.5, 0.6) is 0 Å². The van der Waals surface area contributed by atoms with Crippen LogP contribution in [0.3, 0.4) is 0 Å². The minimum Gasteiger partial charge on any atom is -0.371 e. The van der Waals surface area contributed by atoms with Crippen LogP contribution in [0.1, 0.15) is 34.9 Å². The molecule has 0 unspecified atom stereocenters. The number of benzene rings is 1. The summed E-state index contributed by atoms with van der Waals surface area (Å²) < 4.78 is 6.08. The van der Waals surface area contributed by atoms with Crippen molar-refractivity contribution >= 4 is 23.4 Å². The fourth-order valence-corrected chi connectivity index (χ4v) is 3.96. The lowest BCUT2D eigenvalue weighted by atomic mass is 9.97. The standard InChI is InChI=1S/C22H22ClN3O3/c1-3-20(27)26-13-22(5-6-22)29-12-19(26)16-8-15(9-17(23)10-16)14-4-7-25-18(11-14)21(28)24-2/h3-4,7-11,19H,1,5-6,12-13H2,2H3,(H,24,28)/t19-/m1/s1. The summed E-state index contributed by atoms with van der Waals surface area (Å²) in [5, 5.41) is 3.12. The maximum Gasteiger partial charge on any atom is 0.269 e. The average molecular weight is 412 g/mol. The van der Waals surface area contributed by atoms with Crippen LogP contribution in [-0.2, 0) is 9.53 Å². The van der Waals surface area contributed by atoms with Gasteiger partial charge in [0.2, 0.25) is 5.91 Å². The molecule has 2 heterocycles. The predicted molar refractivity (Wildman–Crippen MR) is 111 cm³/mol. The Labute approximate surface area is 174 Å². The first-order chi connectivity index (χ1) is 13.9. The van der Waals surface area contributed by atoms with Crippen LogP contribution in [0.15, 0.2) is 49.2 Å². The normalized spacial score (nSPS) is 19.7. The monoisotopic (exact) mass is 411 g/mol. The van der Waals surface area contributed by atoms with E-state index >= 15 is 0 Å². The Morgan fingerprint density at radius 3 is 2.79 bits per heavy atom. The molecule has 1 aromatic carbocycles. The molecule has 1 spiro atoms. The van der Waals surface area contributed by atoms with E-state index in [4.69, 9.17) is 16.3 Å². The summed E-state index contributed by atoms with van der Waals surface area (Å²) in [6.07, 6.45) is 4.88. The second-order valence-electron chi connectivity index (χ2n) is 7.46. The van der Waals surface area contributed by atoms with Gasteiger partial charge in [0.25, 0.3) is 5.91 Å². The number of amides is 2. The third-order valence-electron chi connectivity index (χ3n) is 5.51. The molecule has 29 heavy (non-hydrogen) atoms. The summed E-state index contributed by atoms with van der Waals surface area (Å²) in [5.41, 5.74) is 2.68. The largest absolute Gasteiger partial charge is 0.371 e. The number of nitrogens with zero attached hydrogens (tertiary/aromatic N) is 2. The number of hydrogen-bond donors (Lipinski definition) is 1. The first kappa shape index (κ1) is 19.6. The lowest BCUT2D eigenvalue weighted by molar-refractivity contribution is -0.143. The molecule has 1 saturated carbocycles. The molecule has 0 bridgehead atoms. The molecule has 2 aromatic rings. The van der Waals surface area contributed by atoms with Crippen molar-refractivity contribution in [3.8, 4) is 11.1 Å². The van der Waals surface area contributed by atoms with E-state index in [0.29, 0.717) is 23.9 Å². The highest BCUT2D eigenvalue weighted by molar-refractivity contribution is 6.31. The summed E-state index contributed by atoms with van der Waals surface area (Å²) in [4.78, 5) is 30.4. The van der Waals surface area contributed by atoms with Crippen molar-refractivity contribution in [2.75, 3.05) is 20.2 Å². The molecule has 1 saturated heterocycles. The van der Waals surface area contributed by atoms with Crippen molar-refractivity contribution in [2.45, 2.75) is 24.5 Å². The number of morpholine rings is 1. The van der Waals surface area contributed by atoms with Gasteiger partial charge in [-0.15, -0.1) is 0 Å². The van der Waals surface area contributed by atoms with Gasteiger partial charge in [0.05, 0.1) is 24.8 Å². The number of hydrogen-bond acceptors (Lipinski definition) is 4. The fraction of sp³-hybridized carbons (Fsp3) is 0.318. The predicted octanol–water partition coefficient (Wildman–Crippen LogP) is 3.38. The van der Waals surface area contributed by atoms with Crippen LogP contribution >= 0.6 is 11.6 Å². The number of ether oxygens (including phenoxy) is 1. The number of rotatable bonds is 4. The van der Waals surface area contributed by atoms with Gasteiger partial charge >= 0.3 is 0 Å². The molecule has 1 aromatic heterocycles. The highest BCUT2D eigenvalue weighted by Crippen LogP contribution is 2.46. The number of carbonyl (C=O) groups is 2. The maximum absolute atomic E-state index is 12.5. The third-order valence-corrected chi connectivity index (χ3v) is 5.72. The summed E-state index contributed by atoms with van der Waals surface area (Å²) in [5.74, 6) is -0.371. The van der Waals surface area contributed by atoms with Gasteiger partial charge in [-0.2, -0.15) is 0 Å². The van der Waals surface area contributed by atoms with Crippen LogP contribution in [0.4, 0.5) is 0 Å². The van der Waals surface area contributed by atoms with Crippen LogP contribution in [-0.4, -0.2) is 47.5 Å². The maximum atomic E-state index is 12.5. The topological polar surface area (TPSA) is 71.5 Å². The number of halogens is 1. The first-order valence-corrected chi connectivity index (χ1v) is 9.88. The number of nitrogens with one attached hydrogen (secondary N) is 1. The van der Waals surface area contributed by atoms with E-state index in [9.17, 15) is 9.59 Å². The van der Waals surface area contributed by atoms with Gasteiger partial charge in [0.15, 0.2) is 0 Å². The molecule has 2 amide bonds. The second-order valence-corrected chi connectivity index (χ2v) is 7.90. The SMILES string of the molecule is C=CC(=O)N1CC2(CC2)OC[C@@H]1c1cc(Cl)cc(-c2ccnc(C(=O)NC)c2)c1. The lowest BCUT2D eigenvalue weighted by Gasteiger charge is -2.40. The van der Waals surface area contributed by atoms with Crippen molar-refractivity contribution in [2.24, 2.45) is 0 Å². The third kappa shape index (κ3) is 3.91. The summed E-state index contributed by atoms with van der Waals surface area (Å²) in [7, 11) is 1.56. The summed E-state index contributed by atoms with van der Waals surface area (Å²) in [6.45, 7) is 4.62. The van der Waals surface area contributed by atoms with Gasteiger partial charge in [-0.25, -0.2) is 0 Å². The number of carbonyl (C=O) groups excluding carboxylic acids is 2. The van der Waals surface area contributed by atoms with Gasteiger partial charge < -0.3 is 15.0 Å². The van der Waals surface area contributed by atoms with E-state index in [0.717, 1.165) is 29.5 Å². The highest BCUT2D eigenvalue weighted by atomic mass is 35.5. The Morgan fingerprint density at radius 1 is 1.31 bits per heavy atom. The van der Waals surface area contributed by atoms with Crippen molar-refractivity contribution < 1.29 is 14.3 Å². The van der Waals surface area contributed by atoms with E-state index < -0.39 is 0 Å². The Hall–Kier alpha value is -2.70. The van der Waals surface area contributed by atoms with Crippen molar-refractivity contribution in [1.29, 1.82) is 0 Å². The number of aromatic nitrogens is 1. The molecule has 1 N–H and O–H groups in total. The molecule has 2 aliphatic rings. The Bertz CT molecular complexity index is 987. The zero-order chi connectivity index (χ0) is 20.6. The molecule has 1 aliphatic carbocycles. The smallest absolute Gasteiger partial charge is 0.269 e. The van der Waals surface area contributed by atoms with E-state index in [-0.39, 0.29) is 23.5 Å². The first-order valence-electron chi connectivity index (χ1n) is 9.51. The van der Waals surface area contributed by atoms with Gasteiger partial charge in [-0.05, 0) is 65.9 Å². The molecule has 6 nitrogen and oxygen atoms in total. The summed E-state index contributed by atoms with van der Waals surface area (Å²) >= 11 is 6.42. The van der Waals surface area contributed by atoms with E-state index in [1.54, 1.807) is 19.3 Å². The fourth-order valence-electron chi connectivity index (χ4n) is 3.71. The molecule has 1 atom stereocenters. The van der Waals surface area contributed by atoms with Crippen LogP contribution in [0.25, 0.3) is 11.1 Å². The zero-order valence-corrected chi connectivity index (χ0v) is 16.9. The zero-order valence-electron chi connectivity index (χ0n) is 16.2. The van der Waals surface area contributed by atoms with Crippen molar-refractivity contribution in [3.05, 3.63) is 65.5 Å². The van der Waals surface area contributed by atoms with Crippen molar-refractivity contribution in [1.82, 2.24) is 15.2 Å². The van der Waals surface area contributed by atoms with Crippen LogP contribution in [0.2, 0.25) is 5.02 Å². The molecular weight excluding hydrogens is 390 g/mol. The van der Waals surface area contributed by atoms with Crippen LogP contribution in [0, 0.1) is 0 Å². The molecule has 1 aliphatic heterocycles. The molecule has 150 valence electrons. The van der Waals surface area contributed by atoms with Gasteiger partial charge in [-0.1, -0.05) is 18.2 Å². The van der Waals surface area contributed by atoms with Gasteiger partial charge in [-0.3, -0.25) is 14.6 Å². The minimum atomic E-state index is -0.257. The van der Waals surface area contributed by atoms with Gasteiger partial charge in [0.1, 0.15) is 5.69 Å². The quantitative estimate of drug-likeness (QED) is 0.783. The molecular formula is C22H22ClN3O3. The number of pyridine rings is 1. The van der Waals surface area contributed by atoms with E-state index in [1.807, 2.05) is 29.2 Å². The Balaban J connectivity index is 1.70. The Kier molecular flexibility index (Phi) is 5.15. The molecule has 7 heteroatoms. The average Bonchev–Trinajstić information content (AvgIpc) is 3.50. The minimum absolute atomic E-state index is 0.114. The molecule has 2 fully saturated rings. The van der Waals surface area contributed by atoms with E-state index in [2.05, 4.69) is 16.9 Å². The second kappa shape index (κ2) is 7.61. The lowest BCUT2D eigenvalue weighted by Crippen LogP contribution is -2.48. The van der Waals surface area contributed by atoms with E-state index in [1.165, 1.54) is 6.08 Å². The highest BCUT2D eigenvalue weighted by Gasteiger charge is 2.50. The summed E-state index contributed by atoms with van der Waals surface area (Å²) in [6, 6.07) is 8.97. The Morgan fingerprint density at radius 2 is 2.10 bits per heavy atom. The molecule has 0 radical (unpaired) electrons. The van der Waals surface area contributed by atoms with Crippen molar-refractivity contribution in [3.63, 3.8) is 0 Å². The molecule has 4 rings (SSSR count). The van der Waals surface area contributed by atoms with Gasteiger partial charge in [0, 0.05) is 18.3 Å². The van der Waals surface area contributed by atoms with Crippen LogP contribution < -0.4 is 5.32 Å².